The van der Waals surface area contributed by atoms with Gasteiger partial charge in [-0.05, 0) is 84.5 Å². The summed E-state index contributed by atoms with van der Waals surface area (Å²) >= 11 is 0. The number of furan rings is 1. The van der Waals surface area contributed by atoms with Crippen molar-refractivity contribution in [1.29, 1.82) is 0 Å². The zero-order valence-corrected chi connectivity index (χ0v) is 30.1. The minimum absolute atomic E-state index is 0.0590. The summed E-state index contributed by atoms with van der Waals surface area (Å²) in [7, 11) is 0. The van der Waals surface area contributed by atoms with Crippen LogP contribution in [-0.2, 0) is 0 Å². The molecule has 5 heteroatoms. The summed E-state index contributed by atoms with van der Waals surface area (Å²) in [5.74, 6) is -2.50. The van der Waals surface area contributed by atoms with E-state index in [0.717, 1.165) is 65.3 Å². The van der Waals surface area contributed by atoms with Gasteiger partial charge >= 0.3 is 0 Å². The van der Waals surface area contributed by atoms with Crippen LogP contribution in [0, 0.1) is 23.3 Å². The molecule has 270 valence electrons. The van der Waals surface area contributed by atoms with E-state index >= 15 is 17.6 Å². The molecule has 1 nitrogen and oxygen atoms in total. The van der Waals surface area contributed by atoms with Crippen molar-refractivity contribution in [2.24, 2.45) is 0 Å². The van der Waals surface area contributed by atoms with Crippen molar-refractivity contribution in [3.05, 3.63) is 193 Å². The highest BCUT2D eigenvalue weighted by molar-refractivity contribution is 6.28. The zero-order chi connectivity index (χ0) is 38.4. The van der Waals surface area contributed by atoms with Gasteiger partial charge in [-0.3, -0.25) is 0 Å². The molecule has 1 aromatic heterocycles. The predicted octanol–water partition coefficient (Wildman–Crippen LogP) is 15.4. The maximum atomic E-state index is 15.6. The quantitative estimate of drug-likeness (QED) is 0.129. The van der Waals surface area contributed by atoms with Crippen molar-refractivity contribution in [3.8, 4) is 44.5 Å². The SMILES string of the molecule is Fc1cccc(F)c1-c1c2ccccc2c(-c2cccc3c2oc2cccc(-c4c5ccccc5c(-c5c(F)cccc5F)c5ccccc45)c23)c2ccccc12. The van der Waals surface area contributed by atoms with E-state index in [4.69, 9.17) is 4.42 Å². The fourth-order valence-electron chi connectivity index (χ4n) is 9.10. The van der Waals surface area contributed by atoms with Gasteiger partial charge in [0.25, 0.3) is 0 Å². The van der Waals surface area contributed by atoms with E-state index in [1.54, 1.807) is 0 Å². The van der Waals surface area contributed by atoms with Crippen molar-refractivity contribution >= 4 is 65.0 Å². The van der Waals surface area contributed by atoms with Gasteiger partial charge in [-0.1, -0.05) is 140 Å². The van der Waals surface area contributed by atoms with Crippen LogP contribution in [0.1, 0.15) is 0 Å². The second kappa shape index (κ2) is 12.7. The molecule has 0 fully saturated rings. The van der Waals surface area contributed by atoms with Gasteiger partial charge in [0.1, 0.15) is 34.4 Å². The van der Waals surface area contributed by atoms with Gasteiger partial charge in [0, 0.05) is 33.0 Å². The number of halogens is 4. The normalized spacial score (nSPS) is 11.9. The molecular weight excluding hydrogens is 717 g/mol. The first-order valence-corrected chi connectivity index (χ1v) is 18.7. The molecule has 0 amide bonds. The smallest absolute Gasteiger partial charge is 0.143 e. The van der Waals surface area contributed by atoms with E-state index in [9.17, 15) is 0 Å². The third-order valence-corrected chi connectivity index (χ3v) is 11.3. The topological polar surface area (TPSA) is 13.1 Å². The number of benzene rings is 10. The first-order valence-electron chi connectivity index (χ1n) is 18.7. The summed E-state index contributed by atoms with van der Waals surface area (Å²) in [5, 5.41) is 8.02. The van der Waals surface area contributed by atoms with Crippen molar-refractivity contribution in [2.45, 2.75) is 0 Å². The average molecular weight is 745 g/mol. The third-order valence-electron chi connectivity index (χ3n) is 11.3. The molecule has 0 bridgehead atoms. The highest BCUT2D eigenvalue weighted by atomic mass is 19.1. The lowest BCUT2D eigenvalue weighted by molar-refractivity contribution is 0.589. The van der Waals surface area contributed by atoms with E-state index in [2.05, 4.69) is 12.1 Å². The number of para-hydroxylation sites is 1. The highest BCUT2D eigenvalue weighted by Crippen LogP contribution is 2.50. The van der Waals surface area contributed by atoms with Gasteiger partial charge in [-0.2, -0.15) is 0 Å². The molecule has 11 aromatic rings. The summed E-state index contributed by atoms with van der Waals surface area (Å²) in [5.41, 5.74) is 5.78. The molecule has 0 aliphatic heterocycles. The Morgan fingerprint density at radius 2 is 0.579 bits per heavy atom. The van der Waals surface area contributed by atoms with Crippen LogP contribution in [0.3, 0.4) is 0 Å². The van der Waals surface area contributed by atoms with Crippen LogP contribution in [-0.4, -0.2) is 0 Å². The molecule has 11 rings (SSSR count). The minimum atomic E-state index is -0.628. The van der Waals surface area contributed by atoms with Gasteiger partial charge in [-0.25, -0.2) is 17.6 Å². The molecule has 1 heterocycles. The van der Waals surface area contributed by atoms with E-state index in [0.29, 0.717) is 33.1 Å². The van der Waals surface area contributed by atoms with Crippen molar-refractivity contribution in [1.82, 2.24) is 0 Å². The predicted molar refractivity (Wildman–Crippen MR) is 225 cm³/mol. The van der Waals surface area contributed by atoms with Gasteiger partial charge in [-0.15, -0.1) is 0 Å². The maximum absolute atomic E-state index is 15.6. The Kier molecular flexibility index (Phi) is 7.35. The summed E-state index contributed by atoms with van der Waals surface area (Å²) in [6.45, 7) is 0. The van der Waals surface area contributed by atoms with Crippen LogP contribution in [0.4, 0.5) is 17.6 Å². The van der Waals surface area contributed by atoms with Crippen LogP contribution in [0.15, 0.2) is 174 Å². The molecule has 0 unspecified atom stereocenters. The number of hydrogen-bond donors (Lipinski definition) is 0. The Morgan fingerprint density at radius 3 is 1.00 bits per heavy atom. The van der Waals surface area contributed by atoms with Crippen LogP contribution in [0.2, 0.25) is 0 Å². The van der Waals surface area contributed by atoms with Gasteiger partial charge in [0.05, 0.1) is 11.1 Å². The molecule has 0 spiro atoms. The van der Waals surface area contributed by atoms with E-state index in [1.165, 1.54) is 36.4 Å². The largest absolute Gasteiger partial charge is 0.455 e. The first kappa shape index (κ1) is 33.1. The van der Waals surface area contributed by atoms with E-state index < -0.39 is 23.3 Å². The first-order chi connectivity index (χ1) is 28.0. The Morgan fingerprint density at radius 1 is 0.263 bits per heavy atom. The van der Waals surface area contributed by atoms with Gasteiger partial charge in [0.15, 0.2) is 0 Å². The molecule has 0 aliphatic carbocycles. The Bertz CT molecular complexity index is 3320. The van der Waals surface area contributed by atoms with Gasteiger partial charge < -0.3 is 4.42 Å². The van der Waals surface area contributed by atoms with Crippen LogP contribution >= 0.6 is 0 Å². The minimum Gasteiger partial charge on any atom is -0.455 e. The number of hydrogen-bond acceptors (Lipinski definition) is 1. The average Bonchev–Trinajstić information content (AvgIpc) is 3.63. The van der Waals surface area contributed by atoms with Gasteiger partial charge in [0.2, 0.25) is 0 Å². The summed E-state index contributed by atoms with van der Waals surface area (Å²) in [6, 6.07) is 51.0. The van der Waals surface area contributed by atoms with Crippen LogP contribution in [0.25, 0.3) is 110 Å². The lowest BCUT2D eigenvalue weighted by Gasteiger charge is -2.19. The molecule has 0 radical (unpaired) electrons. The second-order valence-corrected chi connectivity index (χ2v) is 14.3. The maximum Gasteiger partial charge on any atom is 0.143 e. The summed E-state index contributed by atoms with van der Waals surface area (Å²) in [6.07, 6.45) is 0. The van der Waals surface area contributed by atoms with Crippen LogP contribution in [0.5, 0.6) is 0 Å². The summed E-state index contributed by atoms with van der Waals surface area (Å²) in [4.78, 5) is 0. The molecule has 57 heavy (non-hydrogen) atoms. The molecule has 0 saturated heterocycles. The van der Waals surface area contributed by atoms with Crippen LogP contribution < -0.4 is 0 Å². The fourth-order valence-corrected chi connectivity index (χ4v) is 9.10. The molecule has 0 N–H and O–H groups in total. The Balaban J connectivity index is 1.24. The monoisotopic (exact) mass is 744 g/mol. The molecule has 10 aromatic carbocycles. The fraction of sp³-hybridized carbons (Fsp3) is 0. The van der Waals surface area contributed by atoms with Crippen molar-refractivity contribution < 1.29 is 22.0 Å². The summed E-state index contributed by atoms with van der Waals surface area (Å²) < 4.78 is 69.2. The zero-order valence-electron chi connectivity index (χ0n) is 30.1. The second-order valence-electron chi connectivity index (χ2n) is 14.3. The van der Waals surface area contributed by atoms with E-state index in [1.807, 2.05) is 121 Å². The Hall–Kier alpha value is -7.24. The van der Waals surface area contributed by atoms with Crippen molar-refractivity contribution in [2.75, 3.05) is 0 Å². The highest BCUT2D eigenvalue weighted by Gasteiger charge is 2.26. The lowest BCUT2D eigenvalue weighted by atomic mass is 9.84. The third kappa shape index (κ3) is 4.82. The Labute approximate surface area is 323 Å². The molecule has 0 saturated carbocycles. The standard InChI is InChI=1S/C52H28F4O/c53-40-24-11-25-41(54)50(40)48-33-17-5-1-13-29(33)45(30-14-2-6-18-34(30)48)37-21-10-28-44-47(37)39-23-9-22-38(52(39)57-44)46-31-15-3-7-19-35(31)49(36-20-8-4-16-32(36)46)51-42(55)26-12-27-43(51)56/h1-28H. The molecular formula is C52H28F4O. The number of fused-ring (bicyclic) bond motifs is 7. The lowest BCUT2D eigenvalue weighted by Crippen LogP contribution is -1.95. The molecule has 0 atom stereocenters. The van der Waals surface area contributed by atoms with Crippen molar-refractivity contribution in [3.63, 3.8) is 0 Å². The molecule has 0 aliphatic rings. The number of rotatable bonds is 4. The van der Waals surface area contributed by atoms with E-state index in [-0.39, 0.29) is 11.1 Å².